The quantitative estimate of drug-likeness (QED) is 0.793. The van der Waals surface area contributed by atoms with Crippen LogP contribution in [0.1, 0.15) is 54.3 Å². The Hall–Kier alpha value is -2.37. The Morgan fingerprint density at radius 1 is 1.35 bits per heavy atom. The van der Waals surface area contributed by atoms with Crippen molar-refractivity contribution in [3.8, 4) is 0 Å². The Morgan fingerprint density at radius 2 is 2.10 bits per heavy atom. The van der Waals surface area contributed by atoms with Crippen LogP contribution in [0.2, 0.25) is 0 Å². The van der Waals surface area contributed by atoms with Gasteiger partial charge in [0.15, 0.2) is 0 Å². The molecule has 2 heterocycles. The van der Waals surface area contributed by atoms with Crippen LogP contribution in [-0.4, -0.2) is 21.1 Å². The second kappa shape index (κ2) is 5.73. The molecule has 2 aromatic heterocycles. The van der Waals surface area contributed by atoms with Gasteiger partial charge in [-0.05, 0) is 25.0 Å². The van der Waals surface area contributed by atoms with Gasteiger partial charge in [-0.3, -0.25) is 9.89 Å². The lowest BCUT2D eigenvalue weighted by Gasteiger charge is -2.13. The van der Waals surface area contributed by atoms with Crippen molar-refractivity contribution >= 4 is 11.7 Å². The zero-order valence-electron chi connectivity index (χ0n) is 11.8. The monoisotopic (exact) mass is 273 g/mol. The molecule has 0 aliphatic rings. The molecule has 4 N–H and O–H groups in total. The van der Waals surface area contributed by atoms with Gasteiger partial charge in [-0.2, -0.15) is 5.10 Å². The van der Waals surface area contributed by atoms with Gasteiger partial charge in [0, 0.05) is 23.0 Å². The predicted octanol–water partition coefficient (Wildman–Crippen LogP) is 2.00. The molecule has 0 saturated carbocycles. The number of nitrogens with zero attached hydrogens (tertiary/aromatic N) is 2. The Labute approximate surface area is 117 Å². The molecular weight excluding hydrogens is 254 g/mol. The lowest BCUT2D eigenvalue weighted by molar-refractivity contribution is 0.0939. The van der Waals surface area contributed by atoms with Crippen LogP contribution in [0.5, 0.6) is 0 Å². The van der Waals surface area contributed by atoms with E-state index in [-0.39, 0.29) is 17.9 Å². The zero-order valence-corrected chi connectivity index (χ0v) is 11.8. The third-order valence-electron chi connectivity index (χ3n) is 3.09. The standard InChI is InChI=1S/C14H19N5O/c1-8(2)12-4-10(5-13(15)19-12)14(20)18-9(3)11-6-16-17-7-11/h4-9H,1-3H3,(H2,15,19)(H,16,17)(H,18,20). The second-order valence-electron chi connectivity index (χ2n) is 5.09. The molecule has 6 heteroatoms. The molecule has 0 saturated heterocycles. The molecule has 6 nitrogen and oxygen atoms in total. The minimum Gasteiger partial charge on any atom is -0.384 e. The van der Waals surface area contributed by atoms with E-state index in [4.69, 9.17) is 5.73 Å². The normalized spacial score (nSPS) is 12.4. The third-order valence-corrected chi connectivity index (χ3v) is 3.09. The number of amides is 1. The maximum Gasteiger partial charge on any atom is 0.251 e. The fraction of sp³-hybridized carbons (Fsp3) is 0.357. The number of nitrogens with one attached hydrogen (secondary N) is 2. The summed E-state index contributed by atoms with van der Waals surface area (Å²) in [5, 5.41) is 9.50. The highest BCUT2D eigenvalue weighted by Gasteiger charge is 2.14. The first-order valence-electron chi connectivity index (χ1n) is 6.54. The van der Waals surface area contributed by atoms with Gasteiger partial charge in [0.05, 0.1) is 12.2 Å². The fourth-order valence-corrected chi connectivity index (χ4v) is 1.86. The summed E-state index contributed by atoms with van der Waals surface area (Å²) in [5.74, 6) is 0.406. The van der Waals surface area contributed by atoms with Crippen molar-refractivity contribution in [3.05, 3.63) is 41.3 Å². The van der Waals surface area contributed by atoms with Crippen LogP contribution in [0.25, 0.3) is 0 Å². The van der Waals surface area contributed by atoms with E-state index >= 15 is 0 Å². The number of hydrogen-bond donors (Lipinski definition) is 3. The first-order valence-corrected chi connectivity index (χ1v) is 6.54. The lowest BCUT2D eigenvalue weighted by atomic mass is 10.1. The highest BCUT2D eigenvalue weighted by atomic mass is 16.1. The summed E-state index contributed by atoms with van der Waals surface area (Å²) in [6, 6.07) is 3.24. The van der Waals surface area contributed by atoms with E-state index in [1.165, 1.54) is 0 Å². The summed E-state index contributed by atoms with van der Waals surface area (Å²) in [7, 11) is 0. The summed E-state index contributed by atoms with van der Waals surface area (Å²) in [6.45, 7) is 5.92. The van der Waals surface area contributed by atoms with Gasteiger partial charge in [-0.25, -0.2) is 4.98 Å². The summed E-state index contributed by atoms with van der Waals surface area (Å²) < 4.78 is 0. The van der Waals surface area contributed by atoms with E-state index in [0.717, 1.165) is 11.3 Å². The topological polar surface area (TPSA) is 96.7 Å². The van der Waals surface area contributed by atoms with Crippen LogP contribution in [0.4, 0.5) is 5.82 Å². The van der Waals surface area contributed by atoms with E-state index in [1.54, 1.807) is 24.5 Å². The molecule has 1 amide bonds. The van der Waals surface area contributed by atoms with E-state index in [2.05, 4.69) is 20.5 Å². The van der Waals surface area contributed by atoms with E-state index in [0.29, 0.717) is 11.4 Å². The highest BCUT2D eigenvalue weighted by molar-refractivity contribution is 5.95. The number of nitrogens with two attached hydrogens (primary N) is 1. The number of rotatable bonds is 4. The number of hydrogen-bond acceptors (Lipinski definition) is 4. The number of aromatic amines is 1. The molecule has 0 aliphatic heterocycles. The number of H-pyrrole nitrogens is 1. The Morgan fingerprint density at radius 3 is 2.70 bits per heavy atom. The molecule has 2 aromatic rings. The third kappa shape index (κ3) is 3.14. The summed E-state index contributed by atoms with van der Waals surface area (Å²) in [6.07, 6.45) is 3.44. The van der Waals surface area contributed by atoms with Gasteiger partial charge in [0.2, 0.25) is 0 Å². The van der Waals surface area contributed by atoms with Gasteiger partial charge in [0.25, 0.3) is 5.91 Å². The van der Waals surface area contributed by atoms with Crippen molar-refractivity contribution in [3.63, 3.8) is 0 Å². The van der Waals surface area contributed by atoms with Crippen LogP contribution in [-0.2, 0) is 0 Å². The maximum absolute atomic E-state index is 12.3. The van der Waals surface area contributed by atoms with Crippen LogP contribution < -0.4 is 11.1 Å². The highest BCUT2D eigenvalue weighted by Crippen LogP contribution is 2.17. The number of pyridine rings is 1. The molecule has 0 aromatic carbocycles. The molecule has 0 bridgehead atoms. The number of nitrogen functional groups attached to an aromatic ring is 1. The van der Waals surface area contributed by atoms with Gasteiger partial charge in [-0.15, -0.1) is 0 Å². The zero-order chi connectivity index (χ0) is 14.7. The van der Waals surface area contributed by atoms with Crippen molar-refractivity contribution in [1.82, 2.24) is 20.5 Å². The van der Waals surface area contributed by atoms with Crippen molar-refractivity contribution in [2.75, 3.05) is 5.73 Å². The van der Waals surface area contributed by atoms with Crippen molar-refractivity contribution in [2.45, 2.75) is 32.7 Å². The van der Waals surface area contributed by atoms with E-state index in [1.807, 2.05) is 20.8 Å². The Kier molecular flexibility index (Phi) is 4.02. The largest absolute Gasteiger partial charge is 0.384 e. The molecule has 20 heavy (non-hydrogen) atoms. The Balaban J connectivity index is 2.17. The lowest BCUT2D eigenvalue weighted by Crippen LogP contribution is -2.26. The molecule has 106 valence electrons. The number of carbonyl (C=O) groups excluding carboxylic acids is 1. The molecular formula is C14H19N5O. The van der Waals surface area contributed by atoms with Crippen LogP contribution >= 0.6 is 0 Å². The van der Waals surface area contributed by atoms with Crippen molar-refractivity contribution < 1.29 is 4.79 Å². The van der Waals surface area contributed by atoms with Gasteiger partial charge in [0.1, 0.15) is 5.82 Å². The fourth-order valence-electron chi connectivity index (χ4n) is 1.86. The second-order valence-corrected chi connectivity index (χ2v) is 5.09. The van der Waals surface area contributed by atoms with E-state index < -0.39 is 0 Å². The SMILES string of the molecule is CC(C)c1cc(C(=O)NC(C)c2cn[nH]c2)cc(N)n1. The van der Waals surface area contributed by atoms with Crippen LogP contribution in [0.15, 0.2) is 24.5 Å². The van der Waals surface area contributed by atoms with Crippen molar-refractivity contribution in [2.24, 2.45) is 0 Å². The summed E-state index contributed by atoms with van der Waals surface area (Å²) in [4.78, 5) is 16.5. The van der Waals surface area contributed by atoms with Gasteiger partial charge in [-0.1, -0.05) is 13.8 Å². The molecule has 2 rings (SSSR count). The summed E-state index contributed by atoms with van der Waals surface area (Å²) >= 11 is 0. The molecule has 0 aliphatic carbocycles. The van der Waals surface area contributed by atoms with Gasteiger partial charge >= 0.3 is 0 Å². The van der Waals surface area contributed by atoms with Crippen LogP contribution in [0, 0.1) is 0 Å². The number of anilines is 1. The predicted molar refractivity (Wildman–Crippen MR) is 77.2 cm³/mol. The number of carbonyl (C=O) groups is 1. The first-order chi connectivity index (χ1) is 9.47. The minimum atomic E-state index is -0.172. The first kappa shape index (κ1) is 14.0. The maximum atomic E-state index is 12.3. The molecule has 1 unspecified atom stereocenters. The average molecular weight is 273 g/mol. The van der Waals surface area contributed by atoms with E-state index in [9.17, 15) is 4.79 Å². The smallest absolute Gasteiger partial charge is 0.251 e. The van der Waals surface area contributed by atoms with Crippen molar-refractivity contribution in [1.29, 1.82) is 0 Å². The average Bonchev–Trinajstić information content (AvgIpc) is 2.91. The number of aromatic nitrogens is 3. The summed E-state index contributed by atoms with van der Waals surface area (Å²) in [5.41, 5.74) is 8.01. The van der Waals surface area contributed by atoms with Gasteiger partial charge < -0.3 is 11.1 Å². The molecule has 0 fully saturated rings. The molecule has 0 radical (unpaired) electrons. The minimum absolute atomic E-state index is 0.127. The Bertz CT molecular complexity index is 592. The molecule has 1 atom stereocenters. The molecule has 0 spiro atoms. The van der Waals surface area contributed by atoms with Crippen LogP contribution in [0.3, 0.4) is 0 Å².